The van der Waals surface area contributed by atoms with E-state index in [1.165, 1.54) is 31.2 Å². The highest BCUT2D eigenvalue weighted by Crippen LogP contribution is 2.16. The Morgan fingerprint density at radius 1 is 1.35 bits per heavy atom. The second kappa shape index (κ2) is 8.28. The van der Waals surface area contributed by atoms with Crippen LogP contribution in [0.1, 0.15) is 38.2 Å². The lowest BCUT2D eigenvalue weighted by Crippen LogP contribution is -2.32. The molecule has 3 heteroatoms. The van der Waals surface area contributed by atoms with Gasteiger partial charge in [-0.05, 0) is 58.2 Å². The minimum absolute atomic E-state index is 0.376. The number of aryl methyl sites for hydroxylation is 1. The fourth-order valence-electron chi connectivity index (χ4n) is 2.46. The summed E-state index contributed by atoms with van der Waals surface area (Å²) in [5.41, 5.74) is 1.26. The van der Waals surface area contributed by atoms with Gasteiger partial charge in [0.1, 0.15) is 12.4 Å². The van der Waals surface area contributed by atoms with E-state index in [1.54, 1.807) is 0 Å². The highest BCUT2D eigenvalue weighted by atomic mass is 16.5. The molecule has 1 N–H and O–H groups in total. The topological polar surface area (TPSA) is 30.5 Å². The van der Waals surface area contributed by atoms with Gasteiger partial charge in [-0.15, -0.1) is 0 Å². The van der Waals surface area contributed by atoms with Crippen molar-refractivity contribution in [1.29, 1.82) is 0 Å². The lowest BCUT2D eigenvalue weighted by Gasteiger charge is -2.16. The molecule has 20 heavy (non-hydrogen) atoms. The van der Waals surface area contributed by atoms with Gasteiger partial charge in [0.15, 0.2) is 0 Å². The molecule has 0 amide bonds. The Hall–Kier alpha value is -1.06. The average Bonchev–Trinajstić information content (AvgIpc) is 2.96. The van der Waals surface area contributed by atoms with Crippen molar-refractivity contribution >= 4 is 0 Å². The van der Waals surface area contributed by atoms with Crippen molar-refractivity contribution in [3.05, 3.63) is 29.8 Å². The van der Waals surface area contributed by atoms with Crippen LogP contribution in [0.25, 0.3) is 0 Å². The summed E-state index contributed by atoms with van der Waals surface area (Å²) in [6.07, 6.45) is 5.35. The summed E-state index contributed by atoms with van der Waals surface area (Å²) in [7, 11) is 0. The zero-order valence-corrected chi connectivity index (χ0v) is 12.7. The van der Waals surface area contributed by atoms with E-state index < -0.39 is 0 Å². The van der Waals surface area contributed by atoms with Crippen molar-refractivity contribution in [2.75, 3.05) is 19.8 Å². The van der Waals surface area contributed by atoms with E-state index in [9.17, 15) is 0 Å². The lowest BCUT2D eigenvalue weighted by molar-refractivity contribution is 0.102. The normalized spacial score (nSPS) is 20.0. The number of hydrogen-bond donors (Lipinski definition) is 1. The van der Waals surface area contributed by atoms with Crippen LogP contribution in [0, 0.1) is 6.92 Å². The van der Waals surface area contributed by atoms with Crippen molar-refractivity contribution in [2.45, 2.75) is 51.7 Å². The molecule has 112 valence electrons. The van der Waals surface area contributed by atoms with Gasteiger partial charge in [0.2, 0.25) is 0 Å². The zero-order valence-electron chi connectivity index (χ0n) is 12.7. The van der Waals surface area contributed by atoms with Crippen LogP contribution in [0.3, 0.4) is 0 Å². The first-order valence-electron chi connectivity index (χ1n) is 7.78. The Kier molecular flexibility index (Phi) is 6.34. The van der Waals surface area contributed by atoms with Crippen molar-refractivity contribution in [2.24, 2.45) is 0 Å². The fourth-order valence-corrected chi connectivity index (χ4v) is 2.46. The molecule has 1 heterocycles. The third-order valence-electron chi connectivity index (χ3n) is 3.74. The van der Waals surface area contributed by atoms with Gasteiger partial charge in [0.25, 0.3) is 0 Å². The third kappa shape index (κ3) is 5.51. The summed E-state index contributed by atoms with van der Waals surface area (Å²) in [5, 5.41) is 3.51. The molecule has 2 atom stereocenters. The highest BCUT2D eigenvalue weighted by Gasteiger charge is 2.14. The number of nitrogens with one attached hydrogen (secondary N) is 1. The van der Waals surface area contributed by atoms with E-state index in [1.807, 2.05) is 12.1 Å². The van der Waals surface area contributed by atoms with Crippen LogP contribution in [-0.2, 0) is 4.74 Å². The molecule has 1 aromatic rings. The average molecular weight is 277 g/mol. The third-order valence-corrected chi connectivity index (χ3v) is 3.74. The van der Waals surface area contributed by atoms with Gasteiger partial charge in [-0.2, -0.15) is 0 Å². The quantitative estimate of drug-likeness (QED) is 0.740. The number of ether oxygens (including phenoxy) is 2. The summed E-state index contributed by atoms with van der Waals surface area (Å²) in [5.74, 6) is 0.948. The largest absolute Gasteiger partial charge is 0.492 e. The molecule has 2 rings (SSSR count). The standard InChI is InChI=1S/C17H27NO2/c1-14-7-9-17(10-8-14)20-13-15(2)18-11-3-5-16-6-4-12-19-16/h7-10,15-16,18H,3-6,11-13H2,1-2H3. The second-order valence-electron chi connectivity index (χ2n) is 5.76. The molecule has 1 fully saturated rings. The molecule has 1 aromatic carbocycles. The highest BCUT2D eigenvalue weighted by molar-refractivity contribution is 5.26. The molecular weight excluding hydrogens is 250 g/mol. The Labute approximate surface area is 122 Å². The summed E-state index contributed by atoms with van der Waals surface area (Å²) < 4.78 is 11.4. The Morgan fingerprint density at radius 2 is 2.15 bits per heavy atom. The summed E-state index contributed by atoms with van der Waals surface area (Å²) in [4.78, 5) is 0. The molecule has 2 unspecified atom stereocenters. The van der Waals surface area contributed by atoms with Crippen LogP contribution in [-0.4, -0.2) is 31.9 Å². The van der Waals surface area contributed by atoms with Gasteiger partial charge in [0, 0.05) is 12.6 Å². The lowest BCUT2D eigenvalue weighted by atomic mass is 10.1. The van der Waals surface area contributed by atoms with Crippen LogP contribution < -0.4 is 10.1 Å². The zero-order chi connectivity index (χ0) is 14.2. The predicted molar refractivity (Wildman–Crippen MR) is 82.3 cm³/mol. The maximum Gasteiger partial charge on any atom is 0.119 e. The van der Waals surface area contributed by atoms with Gasteiger partial charge >= 0.3 is 0 Å². The minimum Gasteiger partial charge on any atom is -0.492 e. The van der Waals surface area contributed by atoms with Crippen LogP contribution in [0.4, 0.5) is 0 Å². The number of hydrogen-bond acceptors (Lipinski definition) is 3. The maximum absolute atomic E-state index is 5.77. The fraction of sp³-hybridized carbons (Fsp3) is 0.647. The van der Waals surface area contributed by atoms with Gasteiger partial charge < -0.3 is 14.8 Å². The molecule has 0 saturated carbocycles. The molecule has 1 saturated heterocycles. The Bertz CT molecular complexity index is 371. The van der Waals surface area contributed by atoms with E-state index in [2.05, 4.69) is 31.3 Å². The molecule has 0 aliphatic carbocycles. The van der Waals surface area contributed by atoms with Crippen LogP contribution in [0.15, 0.2) is 24.3 Å². The smallest absolute Gasteiger partial charge is 0.119 e. The number of benzene rings is 1. The van der Waals surface area contributed by atoms with E-state index in [-0.39, 0.29) is 0 Å². The van der Waals surface area contributed by atoms with Crippen molar-refractivity contribution < 1.29 is 9.47 Å². The summed E-state index contributed by atoms with van der Waals surface area (Å²) in [6.45, 7) is 6.96. The van der Waals surface area contributed by atoms with Crippen LogP contribution in [0.5, 0.6) is 5.75 Å². The first-order valence-corrected chi connectivity index (χ1v) is 7.78. The monoisotopic (exact) mass is 277 g/mol. The van der Waals surface area contributed by atoms with Crippen LogP contribution in [0.2, 0.25) is 0 Å². The SMILES string of the molecule is Cc1ccc(OCC(C)NCCCC2CCCO2)cc1. The van der Waals surface area contributed by atoms with Crippen LogP contribution >= 0.6 is 0 Å². The summed E-state index contributed by atoms with van der Waals surface area (Å²) in [6, 6.07) is 8.59. The molecule has 0 aromatic heterocycles. The van der Waals surface area contributed by atoms with Gasteiger partial charge in [0.05, 0.1) is 6.10 Å². The first kappa shape index (κ1) is 15.3. The molecule has 0 radical (unpaired) electrons. The van der Waals surface area contributed by atoms with E-state index >= 15 is 0 Å². The van der Waals surface area contributed by atoms with Crippen molar-refractivity contribution in [3.8, 4) is 5.75 Å². The first-order chi connectivity index (χ1) is 9.74. The molecule has 3 nitrogen and oxygen atoms in total. The van der Waals surface area contributed by atoms with Gasteiger partial charge in [-0.3, -0.25) is 0 Å². The number of rotatable bonds is 8. The summed E-state index contributed by atoms with van der Waals surface area (Å²) >= 11 is 0. The molecule has 0 spiro atoms. The minimum atomic E-state index is 0.376. The molecule has 1 aliphatic heterocycles. The molecule has 0 bridgehead atoms. The van der Waals surface area contributed by atoms with E-state index in [0.717, 1.165) is 18.9 Å². The maximum atomic E-state index is 5.77. The van der Waals surface area contributed by atoms with E-state index in [0.29, 0.717) is 18.8 Å². The van der Waals surface area contributed by atoms with E-state index in [4.69, 9.17) is 9.47 Å². The molecule has 1 aliphatic rings. The second-order valence-corrected chi connectivity index (χ2v) is 5.76. The van der Waals surface area contributed by atoms with Gasteiger partial charge in [-0.25, -0.2) is 0 Å². The Balaban J connectivity index is 1.53. The van der Waals surface area contributed by atoms with Crippen molar-refractivity contribution in [3.63, 3.8) is 0 Å². The molecular formula is C17H27NO2. The van der Waals surface area contributed by atoms with Gasteiger partial charge in [-0.1, -0.05) is 17.7 Å². The van der Waals surface area contributed by atoms with Crippen molar-refractivity contribution in [1.82, 2.24) is 5.32 Å². The Morgan fingerprint density at radius 3 is 2.85 bits per heavy atom. The predicted octanol–water partition coefficient (Wildman–Crippen LogP) is 3.31.